The van der Waals surface area contributed by atoms with Crippen molar-refractivity contribution in [3.63, 3.8) is 0 Å². The molecule has 3 nitrogen and oxygen atoms in total. The zero-order valence-corrected chi connectivity index (χ0v) is 7.91. The fourth-order valence-electron chi connectivity index (χ4n) is 1.03. The number of carboxylic acid groups (broad SMARTS) is 1. The molecular weight excluding hydrogens is 198 g/mol. The molecule has 0 aliphatic heterocycles. The van der Waals surface area contributed by atoms with Gasteiger partial charge in [0.25, 0.3) is 0 Å². The van der Waals surface area contributed by atoms with Gasteiger partial charge in [-0.15, -0.1) is 11.3 Å². The molecule has 1 aliphatic rings. The van der Waals surface area contributed by atoms with E-state index in [2.05, 4.69) is 11.1 Å². The minimum atomic E-state index is -0.993. The summed E-state index contributed by atoms with van der Waals surface area (Å²) in [5.41, 5.74) is 0.985. The van der Waals surface area contributed by atoms with Crippen LogP contribution < -0.4 is 0 Å². The lowest BCUT2D eigenvalue weighted by molar-refractivity contribution is 0.0691. The van der Waals surface area contributed by atoms with Crippen LogP contribution in [-0.4, -0.2) is 16.1 Å². The summed E-state index contributed by atoms with van der Waals surface area (Å²) >= 11 is 1.32. The average Bonchev–Trinajstić information content (AvgIpc) is 2.68. The Hall–Kier alpha value is -1.77. The van der Waals surface area contributed by atoms with Crippen LogP contribution in [0, 0.1) is 6.08 Å². The van der Waals surface area contributed by atoms with Crippen molar-refractivity contribution in [2.75, 3.05) is 0 Å². The van der Waals surface area contributed by atoms with Crippen molar-refractivity contribution >= 4 is 22.9 Å². The molecule has 0 spiro atoms. The molecule has 0 bridgehead atoms. The Morgan fingerprint density at radius 3 is 3.00 bits per heavy atom. The molecule has 1 aromatic rings. The van der Waals surface area contributed by atoms with Gasteiger partial charge >= 0.3 is 5.97 Å². The van der Waals surface area contributed by atoms with E-state index in [-0.39, 0.29) is 5.69 Å². The monoisotopic (exact) mass is 204 g/mol. The highest BCUT2D eigenvalue weighted by Gasteiger charge is 2.14. The zero-order chi connectivity index (χ0) is 9.97. The summed E-state index contributed by atoms with van der Waals surface area (Å²) in [5.74, 6) is -0.993. The van der Waals surface area contributed by atoms with Gasteiger partial charge in [0.2, 0.25) is 0 Å². The first-order valence-electron chi connectivity index (χ1n) is 3.92. The Labute approximate surface area is 84.7 Å². The summed E-state index contributed by atoms with van der Waals surface area (Å²) in [5, 5.41) is 10.9. The van der Waals surface area contributed by atoms with Crippen molar-refractivity contribution in [2.24, 2.45) is 0 Å². The number of hydrogen-bond acceptors (Lipinski definition) is 3. The van der Waals surface area contributed by atoms with Crippen LogP contribution in [0.4, 0.5) is 0 Å². The minimum absolute atomic E-state index is 0.0915. The van der Waals surface area contributed by atoms with Crippen LogP contribution in [0.1, 0.15) is 15.5 Å². The predicted octanol–water partition coefficient (Wildman–Crippen LogP) is 2.15. The summed E-state index contributed by atoms with van der Waals surface area (Å²) in [6.45, 7) is 0. The molecule has 1 heterocycles. The smallest absolute Gasteiger partial charge is 0.355 e. The first kappa shape index (κ1) is 8.81. The maximum atomic E-state index is 10.6. The van der Waals surface area contributed by atoms with Crippen LogP contribution in [0.15, 0.2) is 29.7 Å². The van der Waals surface area contributed by atoms with Crippen molar-refractivity contribution in [1.29, 1.82) is 0 Å². The van der Waals surface area contributed by atoms with E-state index in [4.69, 9.17) is 5.11 Å². The quantitative estimate of drug-likeness (QED) is 0.751. The Morgan fingerprint density at radius 2 is 2.43 bits per heavy atom. The summed E-state index contributed by atoms with van der Waals surface area (Å²) in [4.78, 5) is 14.6. The summed E-state index contributed by atoms with van der Waals surface area (Å²) in [7, 11) is 0. The summed E-state index contributed by atoms with van der Waals surface area (Å²) in [6.07, 6.45) is 10.2. The zero-order valence-electron chi connectivity index (χ0n) is 7.10. The normalized spacial score (nSPS) is 13.6. The van der Waals surface area contributed by atoms with Gasteiger partial charge in [-0.1, -0.05) is 0 Å². The van der Waals surface area contributed by atoms with Crippen LogP contribution in [0.5, 0.6) is 0 Å². The molecule has 0 atom stereocenters. The molecular formula is C10H6NO2S+. The third-order valence-electron chi connectivity index (χ3n) is 1.68. The Balaban J connectivity index is 2.34. The largest absolute Gasteiger partial charge is 0.476 e. The highest BCUT2D eigenvalue weighted by Crippen LogP contribution is 2.22. The lowest BCUT2D eigenvalue weighted by atomic mass is 10.2. The standard InChI is InChI=1S/C10H5NO2S/c12-10(13)8-6-14-9(11-8)7-4-2-1-3-5-7/h1-2,4-6H/p+1. The Bertz CT molecular complexity index is 454. The average molecular weight is 204 g/mol. The van der Waals surface area contributed by atoms with E-state index < -0.39 is 5.97 Å². The van der Waals surface area contributed by atoms with Crippen LogP contribution >= 0.6 is 11.3 Å². The predicted molar refractivity (Wildman–Crippen MR) is 54.0 cm³/mol. The molecule has 0 aromatic carbocycles. The van der Waals surface area contributed by atoms with Gasteiger partial charge in [-0.2, -0.15) is 0 Å². The van der Waals surface area contributed by atoms with Crippen molar-refractivity contribution in [2.45, 2.75) is 0 Å². The number of thiazole rings is 1. The van der Waals surface area contributed by atoms with Crippen LogP contribution in [0.25, 0.3) is 5.57 Å². The summed E-state index contributed by atoms with van der Waals surface area (Å²) in [6, 6.07) is 0. The number of nitrogens with zero attached hydrogens (tertiary/aromatic N) is 1. The Kier molecular flexibility index (Phi) is 2.23. The second kappa shape index (κ2) is 3.54. The van der Waals surface area contributed by atoms with Gasteiger partial charge in [0, 0.05) is 17.5 Å². The number of hydrogen-bond donors (Lipinski definition) is 1. The molecule has 2 rings (SSSR count). The summed E-state index contributed by atoms with van der Waals surface area (Å²) < 4.78 is 0. The molecule has 0 amide bonds. The maximum Gasteiger partial charge on any atom is 0.355 e. The van der Waals surface area contributed by atoms with Crippen molar-refractivity contribution in [1.82, 2.24) is 4.98 Å². The van der Waals surface area contributed by atoms with Gasteiger partial charge in [0.05, 0.1) is 6.08 Å². The first-order valence-corrected chi connectivity index (χ1v) is 4.80. The maximum absolute atomic E-state index is 10.6. The van der Waals surface area contributed by atoms with Crippen molar-refractivity contribution < 1.29 is 9.90 Å². The fourth-order valence-corrected chi connectivity index (χ4v) is 1.82. The van der Waals surface area contributed by atoms with Gasteiger partial charge < -0.3 is 5.11 Å². The fraction of sp³-hybridized carbons (Fsp3) is 0. The van der Waals surface area contributed by atoms with Crippen LogP contribution in [0.3, 0.4) is 0 Å². The molecule has 0 fully saturated rings. The second-order valence-electron chi connectivity index (χ2n) is 2.64. The number of aromatic carboxylic acids is 1. The van der Waals surface area contributed by atoms with Crippen molar-refractivity contribution in [3.05, 3.63) is 46.5 Å². The molecule has 1 N–H and O–H groups in total. The molecule has 0 saturated heterocycles. The van der Waals surface area contributed by atoms with Gasteiger partial charge in [0.1, 0.15) is 17.7 Å². The van der Waals surface area contributed by atoms with Gasteiger partial charge in [0.15, 0.2) is 10.7 Å². The third-order valence-corrected chi connectivity index (χ3v) is 2.57. The molecule has 0 unspecified atom stereocenters. The number of carbonyl (C=O) groups is 1. The lowest BCUT2D eigenvalue weighted by Gasteiger charge is -1.88. The van der Waals surface area contributed by atoms with E-state index in [1.165, 1.54) is 16.7 Å². The van der Waals surface area contributed by atoms with Gasteiger partial charge in [-0.05, 0) is 0 Å². The number of allylic oxidation sites excluding steroid dienone is 6. The molecule has 1 aliphatic carbocycles. The number of carboxylic acids is 1. The van der Waals surface area contributed by atoms with E-state index in [9.17, 15) is 4.79 Å². The topological polar surface area (TPSA) is 50.2 Å². The highest BCUT2D eigenvalue weighted by atomic mass is 32.1. The molecule has 68 valence electrons. The number of rotatable bonds is 2. The van der Waals surface area contributed by atoms with E-state index in [0.29, 0.717) is 5.01 Å². The molecule has 0 radical (unpaired) electrons. The molecule has 0 saturated carbocycles. The molecule has 14 heavy (non-hydrogen) atoms. The van der Waals surface area contributed by atoms with Gasteiger partial charge in [-0.25, -0.2) is 9.78 Å². The van der Waals surface area contributed by atoms with Gasteiger partial charge in [-0.3, -0.25) is 0 Å². The van der Waals surface area contributed by atoms with E-state index in [1.54, 1.807) is 12.2 Å². The van der Waals surface area contributed by atoms with E-state index in [1.807, 2.05) is 12.2 Å². The first-order chi connectivity index (χ1) is 6.77. The highest BCUT2D eigenvalue weighted by molar-refractivity contribution is 7.11. The minimum Gasteiger partial charge on any atom is -0.476 e. The van der Waals surface area contributed by atoms with Crippen LogP contribution in [-0.2, 0) is 0 Å². The molecule has 4 heteroatoms. The second-order valence-corrected chi connectivity index (χ2v) is 3.49. The number of aromatic nitrogens is 1. The van der Waals surface area contributed by atoms with Crippen LogP contribution in [0.2, 0.25) is 0 Å². The van der Waals surface area contributed by atoms with E-state index >= 15 is 0 Å². The molecule has 1 aromatic heterocycles. The van der Waals surface area contributed by atoms with E-state index in [0.717, 1.165) is 5.57 Å². The lowest BCUT2D eigenvalue weighted by Crippen LogP contribution is -1.96. The Morgan fingerprint density at radius 1 is 1.57 bits per heavy atom. The SMILES string of the molecule is O=C(O)c1csc(C2=CC=C[C+]=C2)n1. The third kappa shape index (κ3) is 1.62. The van der Waals surface area contributed by atoms with Crippen molar-refractivity contribution in [3.8, 4) is 0 Å².